The van der Waals surface area contributed by atoms with Crippen LogP contribution in [-0.2, 0) is 18.0 Å². The molecular weight excluding hydrogens is 200 g/mol. The Morgan fingerprint density at radius 2 is 1.50 bits per heavy atom. The third-order valence-corrected chi connectivity index (χ3v) is 4.99. The minimum atomic E-state index is -2.33. The second kappa shape index (κ2) is 8.37. The first-order valence-electron chi connectivity index (χ1n) is 4.98. The van der Waals surface area contributed by atoms with Crippen molar-refractivity contribution in [2.45, 2.75) is 25.8 Å². The molecule has 0 N–H and O–H groups in total. The molecule has 0 rings (SSSR count). The monoisotopic (exact) mass is 222 g/mol. The minimum absolute atomic E-state index is 0.779. The van der Waals surface area contributed by atoms with Crippen molar-refractivity contribution in [3.05, 3.63) is 0 Å². The lowest BCUT2D eigenvalue weighted by Gasteiger charge is -2.24. The van der Waals surface area contributed by atoms with E-state index in [4.69, 9.17) is 18.0 Å². The van der Waals surface area contributed by atoms with E-state index in [0.29, 0.717) is 0 Å². The van der Waals surface area contributed by atoms with E-state index in [9.17, 15) is 0 Å². The molecule has 0 aromatic heterocycles. The molecule has 0 radical (unpaired) electrons. The topological polar surface area (TPSA) is 36.9 Å². The lowest BCUT2D eigenvalue weighted by Crippen LogP contribution is -2.42. The second-order valence-electron chi connectivity index (χ2n) is 2.95. The average molecular weight is 222 g/mol. The van der Waals surface area contributed by atoms with E-state index in [2.05, 4.69) is 0 Å². The average Bonchev–Trinajstić information content (AvgIpc) is 2.24. The zero-order chi connectivity index (χ0) is 10.9. The van der Waals surface area contributed by atoms with E-state index < -0.39 is 8.80 Å². The van der Waals surface area contributed by atoms with E-state index in [1.165, 1.54) is 0 Å². The quantitative estimate of drug-likeness (QED) is 0.439. The molecular formula is C9H22O4Si. The largest absolute Gasteiger partial charge is 0.500 e. The summed E-state index contributed by atoms with van der Waals surface area (Å²) in [5.74, 6) is 0. The van der Waals surface area contributed by atoms with Gasteiger partial charge >= 0.3 is 8.80 Å². The molecule has 0 saturated heterocycles. The van der Waals surface area contributed by atoms with Gasteiger partial charge in [0.15, 0.2) is 0 Å². The van der Waals surface area contributed by atoms with E-state index in [0.717, 1.165) is 32.1 Å². The SMILES string of the molecule is CCOCCCC[Si](OC)(OC)OC. The third kappa shape index (κ3) is 5.07. The molecule has 0 atom stereocenters. The number of hydrogen-bond acceptors (Lipinski definition) is 4. The third-order valence-electron chi connectivity index (χ3n) is 2.16. The summed E-state index contributed by atoms with van der Waals surface area (Å²) in [7, 11) is 2.59. The maximum atomic E-state index is 5.30. The van der Waals surface area contributed by atoms with E-state index in [1.54, 1.807) is 21.3 Å². The smallest absolute Gasteiger partial charge is 0.382 e. The summed E-state index contributed by atoms with van der Waals surface area (Å²) in [6, 6.07) is 0.851. The Hall–Kier alpha value is 0.0569. The summed E-state index contributed by atoms with van der Waals surface area (Å²) in [5.41, 5.74) is 0. The van der Waals surface area contributed by atoms with Gasteiger partial charge in [0.1, 0.15) is 0 Å². The molecule has 14 heavy (non-hydrogen) atoms. The molecule has 0 aromatic carbocycles. The second-order valence-corrected chi connectivity index (χ2v) is 6.04. The normalized spacial score (nSPS) is 12.0. The highest BCUT2D eigenvalue weighted by molar-refractivity contribution is 6.60. The zero-order valence-corrected chi connectivity index (χ0v) is 10.7. The van der Waals surface area contributed by atoms with Crippen LogP contribution in [0.2, 0.25) is 6.04 Å². The number of hydrogen-bond donors (Lipinski definition) is 0. The Labute approximate surface area is 87.9 Å². The van der Waals surface area contributed by atoms with Crippen molar-refractivity contribution in [3.8, 4) is 0 Å². The van der Waals surface area contributed by atoms with Crippen LogP contribution in [0.5, 0.6) is 0 Å². The first kappa shape index (κ1) is 14.1. The van der Waals surface area contributed by atoms with Crippen molar-refractivity contribution < 1.29 is 18.0 Å². The first-order chi connectivity index (χ1) is 6.74. The molecule has 0 fully saturated rings. The van der Waals surface area contributed by atoms with E-state index >= 15 is 0 Å². The van der Waals surface area contributed by atoms with Gasteiger partial charge in [-0.3, -0.25) is 0 Å². The fourth-order valence-electron chi connectivity index (χ4n) is 1.25. The molecule has 0 heterocycles. The van der Waals surface area contributed by atoms with Crippen molar-refractivity contribution in [2.75, 3.05) is 34.5 Å². The molecule has 0 spiro atoms. The predicted molar refractivity (Wildman–Crippen MR) is 57.3 cm³/mol. The minimum Gasteiger partial charge on any atom is -0.382 e. The Kier molecular flexibility index (Phi) is 8.41. The number of rotatable bonds is 9. The predicted octanol–water partition coefficient (Wildman–Crippen LogP) is 1.68. The highest BCUT2D eigenvalue weighted by atomic mass is 28.4. The molecule has 0 aromatic rings. The zero-order valence-electron chi connectivity index (χ0n) is 9.67. The summed E-state index contributed by atoms with van der Waals surface area (Å²) < 4.78 is 21.1. The summed E-state index contributed by atoms with van der Waals surface area (Å²) in [5, 5.41) is 0. The fourth-order valence-corrected chi connectivity index (χ4v) is 3.04. The Bertz CT molecular complexity index is 120. The van der Waals surface area contributed by atoms with Crippen molar-refractivity contribution >= 4 is 8.80 Å². The van der Waals surface area contributed by atoms with Gasteiger partial charge in [0.05, 0.1) is 0 Å². The summed E-state index contributed by atoms with van der Waals surface area (Å²) in [4.78, 5) is 0. The lowest BCUT2D eigenvalue weighted by molar-refractivity contribution is 0.118. The van der Waals surface area contributed by atoms with E-state index in [1.807, 2.05) is 6.92 Å². The van der Waals surface area contributed by atoms with Crippen LogP contribution in [0.15, 0.2) is 0 Å². The van der Waals surface area contributed by atoms with Crippen LogP contribution < -0.4 is 0 Å². The summed E-state index contributed by atoms with van der Waals surface area (Å²) in [6.07, 6.45) is 2.04. The van der Waals surface area contributed by atoms with Crippen LogP contribution in [-0.4, -0.2) is 43.3 Å². The molecule has 0 aliphatic heterocycles. The fraction of sp³-hybridized carbons (Fsp3) is 1.00. The summed E-state index contributed by atoms with van der Waals surface area (Å²) >= 11 is 0. The highest BCUT2D eigenvalue weighted by Gasteiger charge is 2.36. The van der Waals surface area contributed by atoms with Gasteiger partial charge in [-0.25, -0.2) is 0 Å². The van der Waals surface area contributed by atoms with Crippen LogP contribution in [0.1, 0.15) is 19.8 Å². The van der Waals surface area contributed by atoms with Gasteiger partial charge in [-0.1, -0.05) is 0 Å². The molecule has 0 aliphatic rings. The molecule has 86 valence electrons. The number of unbranched alkanes of at least 4 members (excludes halogenated alkanes) is 1. The molecule has 0 aliphatic carbocycles. The Balaban J connectivity index is 3.61. The van der Waals surface area contributed by atoms with Gasteiger partial charge in [-0.05, 0) is 19.8 Å². The van der Waals surface area contributed by atoms with Crippen LogP contribution in [0, 0.1) is 0 Å². The molecule has 0 bridgehead atoms. The Morgan fingerprint density at radius 3 is 1.93 bits per heavy atom. The molecule has 0 saturated carbocycles. The number of ether oxygens (including phenoxy) is 1. The standard InChI is InChI=1S/C9H22O4Si/c1-5-13-8-6-7-9-14(10-2,11-3)12-4/h5-9H2,1-4H3. The van der Waals surface area contributed by atoms with E-state index in [-0.39, 0.29) is 0 Å². The van der Waals surface area contributed by atoms with Crippen molar-refractivity contribution in [2.24, 2.45) is 0 Å². The lowest BCUT2D eigenvalue weighted by atomic mass is 10.4. The first-order valence-corrected chi connectivity index (χ1v) is 6.91. The molecule has 0 amide bonds. The van der Waals surface area contributed by atoms with Crippen molar-refractivity contribution in [3.63, 3.8) is 0 Å². The van der Waals surface area contributed by atoms with Gasteiger partial charge < -0.3 is 18.0 Å². The maximum Gasteiger partial charge on any atom is 0.500 e. The molecule has 5 heteroatoms. The van der Waals surface area contributed by atoms with Crippen LogP contribution in [0.3, 0.4) is 0 Å². The van der Waals surface area contributed by atoms with Crippen molar-refractivity contribution in [1.29, 1.82) is 0 Å². The van der Waals surface area contributed by atoms with Crippen LogP contribution in [0.4, 0.5) is 0 Å². The van der Waals surface area contributed by atoms with Gasteiger partial charge in [-0.15, -0.1) is 0 Å². The van der Waals surface area contributed by atoms with Crippen LogP contribution in [0.25, 0.3) is 0 Å². The van der Waals surface area contributed by atoms with Gasteiger partial charge in [0.2, 0.25) is 0 Å². The molecule has 4 nitrogen and oxygen atoms in total. The van der Waals surface area contributed by atoms with Crippen molar-refractivity contribution in [1.82, 2.24) is 0 Å². The molecule has 0 unspecified atom stereocenters. The van der Waals surface area contributed by atoms with Gasteiger partial charge in [0.25, 0.3) is 0 Å². The van der Waals surface area contributed by atoms with Crippen LogP contribution >= 0.6 is 0 Å². The maximum absolute atomic E-state index is 5.30. The Morgan fingerprint density at radius 1 is 0.929 bits per heavy atom. The highest BCUT2D eigenvalue weighted by Crippen LogP contribution is 2.16. The summed E-state index contributed by atoms with van der Waals surface area (Å²) in [6.45, 7) is 3.58. The van der Waals surface area contributed by atoms with Gasteiger partial charge in [-0.2, -0.15) is 0 Å². The van der Waals surface area contributed by atoms with Gasteiger partial charge in [0, 0.05) is 40.6 Å².